The molecule has 2 rings (SSSR count). The van der Waals surface area contributed by atoms with Crippen LogP contribution in [-0.4, -0.2) is 6.04 Å². The zero-order chi connectivity index (χ0) is 8.39. The van der Waals surface area contributed by atoms with Gasteiger partial charge in [-0.05, 0) is 31.0 Å². The van der Waals surface area contributed by atoms with Crippen LogP contribution in [0.25, 0.3) is 0 Å². The third-order valence-electron chi connectivity index (χ3n) is 1.98. The number of benzene rings is 1. The van der Waals surface area contributed by atoms with Gasteiger partial charge in [0.15, 0.2) is 0 Å². The Morgan fingerprint density at radius 2 is 2.25 bits per heavy atom. The van der Waals surface area contributed by atoms with Gasteiger partial charge in [0.1, 0.15) is 0 Å². The highest BCUT2D eigenvalue weighted by Crippen LogP contribution is 2.24. The van der Waals surface area contributed by atoms with Gasteiger partial charge in [-0.15, -0.1) is 6.42 Å². The maximum atomic E-state index is 5.29. The van der Waals surface area contributed by atoms with Crippen LogP contribution in [0.5, 0.6) is 0 Å². The van der Waals surface area contributed by atoms with E-state index in [0.29, 0.717) is 6.04 Å². The van der Waals surface area contributed by atoms with E-state index >= 15 is 0 Å². The van der Waals surface area contributed by atoms with Gasteiger partial charge in [-0.25, -0.2) is 0 Å². The fourth-order valence-electron chi connectivity index (χ4n) is 1.16. The van der Waals surface area contributed by atoms with E-state index in [4.69, 9.17) is 6.42 Å². The molecule has 1 aromatic carbocycles. The molecule has 0 atom stereocenters. The molecule has 1 heteroatoms. The van der Waals surface area contributed by atoms with E-state index in [2.05, 4.69) is 17.3 Å². The normalized spacial score (nSPS) is 15.2. The van der Waals surface area contributed by atoms with Crippen molar-refractivity contribution < 1.29 is 0 Å². The molecule has 0 radical (unpaired) electrons. The van der Waals surface area contributed by atoms with Gasteiger partial charge in [-0.1, -0.05) is 12.0 Å². The van der Waals surface area contributed by atoms with Crippen molar-refractivity contribution in [3.05, 3.63) is 29.8 Å². The largest absolute Gasteiger partial charge is 0.382 e. The molecule has 1 aromatic rings. The molecule has 1 saturated carbocycles. The third kappa shape index (κ3) is 1.60. The minimum Gasteiger partial charge on any atom is -0.382 e. The van der Waals surface area contributed by atoms with Crippen LogP contribution in [0.3, 0.4) is 0 Å². The van der Waals surface area contributed by atoms with E-state index < -0.39 is 0 Å². The maximum Gasteiger partial charge on any atom is 0.0354 e. The number of hydrogen-bond donors (Lipinski definition) is 1. The Labute approximate surface area is 72.8 Å². The van der Waals surface area contributed by atoms with Crippen molar-refractivity contribution in [2.24, 2.45) is 0 Å². The Hall–Kier alpha value is -1.42. The Bertz CT molecular complexity index is 318. The second-order valence-electron chi connectivity index (χ2n) is 3.14. The summed E-state index contributed by atoms with van der Waals surface area (Å²) < 4.78 is 0. The second kappa shape index (κ2) is 2.91. The Balaban J connectivity index is 2.15. The number of terminal acetylenes is 1. The minimum atomic E-state index is 0.693. The summed E-state index contributed by atoms with van der Waals surface area (Å²) in [6, 6.07) is 8.69. The van der Waals surface area contributed by atoms with Crippen molar-refractivity contribution in [1.82, 2.24) is 0 Å². The zero-order valence-electron chi connectivity index (χ0n) is 6.88. The average molecular weight is 157 g/mol. The first-order valence-electron chi connectivity index (χ1n) is 4.22. The first-order chi connectivity index (χ1) is 5.88. The quantitative estimate of drug-likeness (QED) is 0.649. The summed E-state index contributed by atoms with van der Waals surface area (Å²) in [4.78, 5) is 0. The zero-order valence-corrected chi connectivity index (χ0v) is 6.88. The molecule has 0 unspecified atom stereocenters. The van der Waals surface area contributed by atoms with Gasteiger partial charge in [0.2, 0.25) is 0 Å². The summed E-state index contributed by atoms with van der Waals surface area (Å²) in [5, 5.41) is 3.40. The van der Waals surface area contributed by atoms with Gasteiger partial charge in [0.05, 0.1) is 0 Å². The summed E-state index contributed by atoms with van der Waals surface area (Å²) in [7, 11) is 0. The van der Waals surface area contributed by atoms with Crippen molar-refractivity contribution in [2.45, 2.75) is 18.9 Å². The highest BCUT2D eigenvalue weighted by Gasteiger charge is 2.20. The van der Waals surface area contributed by atoms with Crippen molar-refractivity contribution in [2.75, 3.05) is 5.32 Å². The molecular formula is C11H11N. The molecule has 0 aromatic heterocycles. The highest BCUT2D eigenvalue weighted by molar-refractivity contribution is 5.51. The van der Waals surface area contributed by atoms with Crippen LogP contribution in [0.2, 0.25) is 0 Å². The lowest BCUT2D eigenvalue weighted by atomic mass is 10.2. The molecule has 0 heterocycles. The molecule has 12 heavy (non-hydrogen) atoms. The molecule has 1 N–H and O–H groups in total. The summed E-state index contributed by atoms with van der Waals surface area (Å²) in [6.45, 7) is 0. The van der Waals surface area contributed by atoms with Crippen molar-refractivity contribution in [3.8, 4) is 12.3 Å². The van der Waals surface area contributed by atoms with Gasteiger partial charge in [0.25, 0.3) is 0 Å². The van der Waals surface area contributed by atoms with E-state index in [9.17, 15) is 0 Å². The van der Waals surface area contributed by atoms with E-state index in [-0.39, 0.29) is 0 Å². The Kier molecular flexibility index (Phi) is 1.75. The van der Waals surface area contributed by atoms with E-state index in [1.165, 1.54) is 12.8 Å². The van der Waals surface area contributed by atoms with Crippen molar-refractivity contribution in [1.29, 1.82) is 0 Å². The van der Waals surface area contributed by atoms with Crippen LogP contribution in [-0.2, 0) is 0 Å². The highest BCUT2D eigenvalue weighted by atomic mass is 14.9. The van der Waals surface area contributed by atoms with Crippen molar-refractivity contribution >= 4 is 5.69 Å². The molecule has 0 saturated heterocycles. The Morgan fingerprint density at radius 3 is 2.92 bits per heavy atom. The van der Waals surface area contributed by atoms with E-state index in [1.54, 1.807) is 0 Å². The van der Waals surface area contributed by atoms with Crippen LogP contribution < -0.4 is 5.32 Å². The lowest BCUT2D eigenvalue weighted by Gasteiger charge is -2.03. The van der Waals surface area contributed by atoms with E-state index in [0.717, 1.165) is 11.3 Å². The molecule has 0 bridgehead atoms. The van der Waals surface area contributed by atoms with Crippen LogP contribution >= 0.6 is 0 Å². The SMILES string of the molecule is C#Cc1cccc(NC2CC2)c1. The molecule has 1 aliphatic carbocycles. The molecule has 0 spiro atoms. The minimum absolute atomic E-state index is 0.693. The third-order valence-corrected chi connectivity index (χ3v) is 1.98. The molecule has 1 aliphatic rings. The fourth-order valence-corrected chi connectivity index (χ4v) is 1.16. The first kappa shape index (κ1) is 7.24. The van der Waals surface area contributed by atoms with Gasteiger partial charge >= 0.3 is 0 Å². The summed E-state index contributed by atoms with van der Waals surface area (Å²) in [5.41, 5.74) is 2.09. The lowest BCUT2D eigenvalue weighted by molar-refractivity contribution is 1.16. The number of rotatable bonds is 2. The lowest BCUT2D eigenvalue weighted by Crippen LogP contribution is -2.00. The predicted octanol–water partition coefficient (Wildman–Crippen LogP) is 2.24. The second-order valence-corrected chi connectivity index (χ2v) is 3.14. The topological polar surface area (TPSA) is 12.0 Å². The summed E-state index contributed by atoms with van der Waals surface area (Å²) >= 11 is 0. The van der Waals surface area contributed by atoms with Gasteiger partial charge in [-0.3, -0.25) is 0 Å². The van der Waals surface area contributed by atoms with Gasteiger partial charge in [-0.2, -0.15) is 0 Å². The van der Waals surface area contributed by atoms with E-state index in [1.807, 2.05) is 18.2 Å². The smallest absolute Gasteiger partial charge is 0.0354 e. The number of anilines is 1. The maximum absolute atomic E-state index is 5.29. The van der Waals surface area contributed by atoms with Crippen LogP contribution in [0.15, 0.2) is 24.3 Å². The van der Waals surface area contributed by atoms with Gasteiger partial charge < -0.3 is 5.32 Å². The average Bonchev–Trinajstić information content (AvgIpc) is 2.89. The first-order valence-corrected chi connectivity index (χ1v) is 4.22. The van der Waals surface area contributed by atoms with Gasteiger partial charge in [0, 0.05) is 17.3 Å². The standard InChI is InChI=1S/C11H11N/c1-2-9-4-3-5-11(8-9)12-10-6-7-10/h1,3-5,8,10,12H,6-7H2. The predicted molar refractivity (Wildman–Crippen MR) is 51.0 cm³/mol. The fraction of sp³-hybridized carbons (Fsp3) is 0.273. The summed E-state index contributed by atoms with van der Waals surface area (Å²) in [6.07, 6.45) is 7.87. The van der Waals surface area contributed by atoms with Crippen LogP contribution in [0.1, 0.15) is 18.4 Å². The molecule has 1 fully saturated rings. The van der Waals surface area contributed by atoms with Crippen LogP contribution in [0.4, 0.5) is 5.69 Å². The Morgan fingerprint density at radius 1 is 1.42 bits per heavy atom. The molecule has 60 valence electrons. The summed E-state index contributed by atoms with van der Waals surface area (Å²) in [5.74, 6) is 2.62. The molecule has 1 nitrogen and oxygen atoms in total. The molecular weight excluding hydrogens is 146 g/mol. The molecule has 0 aliphatic heterocycles. The van der Waals surface area contributed by atoms with Crippen molar-refractivity contribution in [3.63, 3.8) is 0 Å². The number of hydrogen-bond acceptors (Lipinski definition) is 1. The number of nitrogens with one attached hydrogen (secondary N) is 1. The molecule has 0 amide bonds. The monoisotopic (exact) mass is 157 g/mol. The van der Waals surface area contributed by atoms with Crippen LogP contribution in [0, 0.1) is 12.3 Å².